The molecular weight excluding hydrogens is 418 g/mol. The molecule has 1 unspecified atom stereocenters. The minimum absolute atomic E-state index is 0.0629. The predicted molar refractivity (Wildman–Crippen MR) is 118 cm³/mol. The third kappa shape index (κ3) is 4.92. The van der Waals surface area contributed by atoms with Gasteiger partial charge in [0.1, 0.15) is 6.04 Å². The zero-order valence-electron chi connectivity index (χ0n) is 16.5. The summed E-state index contributed by atoms with van der Waals surface area (Å²) in [6.07, 6.45) is 2.31. The molecule has 1 amide bonds. The van der Waals surface area contributed by atoms with Crippen molar-refractivity contribution in [2.45, 2.75) is 25.3 Å². The van der Waals surface area contributed by atoms with Crippen molar-refractivity contribution < 1.29 is 14.7 Å². The smallest absolute Gasteiger partial charge is 0.303 e. The summed E-state index contributed by atoms with van der Waals surface area (Å²) in [7, 11) is 0. The quantitative estimate of drug-likeness (QED) is 0.511. The lowest BCUT2D eigenvalue weighted by Gasteiger charge is -2.24. The van der Waals surface area contributed by atoms with Crippen LogP contribution in [0.5, 0.6) is 0 Å². The second-order valence-corrected chi connectivity index (χ2v) is 7.50. The number of anilines is 2. The molecule has 0 saturated heterocycles. The Balaban J connectivity index is 1.60. The maximum absolute atomic E-state index is 12.1. The minimum atomic E-state index is -0.931. The van der Waals surface area contributed by atoms with Gasteiger partial charge in [0, 0.05) is 23.6 Å². The van der Waals surface area contributed by atoms with E-state index in [1.807, 2.05) is 60.7 Å². The van der Waals surface area contributed by atoms with E-state index in [9.17, 15) is 9.59 Å². The molecule has 3 N–H and O–H groups in total. The molecule has 31 heavy (non-hydrogen) atoms. The average Bonchev–Trinajstić information content (AvgIpc) is 3.16. The molecule has 9 heteroatoms. The fourth-order valence-electron chi connectivity index (χ4n) is 3.32. The van der Waals surface area contributed by atoms with Crippen LogP contribution < -0.4 is 10.6 Å². The highest BCUT2D eigenvalue weighted by molar-refractivity contribution is 6.30. The fourth-order valence-corrected chi connectivity index (χ4v) is 3.44. The number of aliphatic carboxylic acids is 1. The number of nitrogens with one attached hydrogen (secondary N) is 2. The summed E-state index contributed by atoms with van der Waals surface area (Å²) < 4.78 is 1.71. The monoisotopic (exact) mass is 437 g/mol. The van der Waals surface area contributed by atoms with Gasteiger partial charge in [-0.25, -0.2) is 4.68 Å². The van der Waals surface area contributed by atoms with Crippen LogP contribution in [0.3, 0.4) is 0 Å². The topological polar surface area (TPSA) is 109 Å². The van der Waals surface area contributed by atoms with Crippen LogP contribution in [0.15, 0.2) is 60.7 Å². The highest BCUT2D eigenvalue weighted by Crippen LogP contribution is 2.33. The van der Waals surface area contributed by atoms with Gasteiger partial charge in [0.15, 0.2) is 0 Å². The summed E-state index contributed by atoms with van der Waals surface area (Å²) in [5, 5.41) is 19.7. The van der Waals surface area contributed by atoms with Gasteiger partial charge >= 0.3 is 5.97 Å². The van der Waals surface area contributed by atoms with Crippen LogP contribution >= 0.6 is 11.6 Å². The maximum atomic E-state index is 12.1. The highest BCUT2D eigenvalue weighted by atomic mass is 35.5. The molecular formula is C22H20ClN5O3. The predicted octanol–water partition coefficient (Wildman–Crippen LogP) is 4.18. The Hall–Kier alpha value is -3.65. The number of hydrogen-bond acceptors (Lipinski definition) is 5. The Labute approximate surface area is 183 Å². The van der Waals surface area contributed by atoms with Crippen LogP contribution in [0.2, 0.25) is 5.02 Å². The van der Waals surface area contributed by atoms with Crippen LogP contribution in [0.1, 0.15) is 36.4 Å². The van der Waals surface area contributed by atoms with Crippen molar-refractivity contribution in [2.24, 2.45) is 0 Å². The van der Waals surface area contributed by atoms with E-state index < -0.39 is 5.97 Å². The number of carbonyl (C=O) groups excluding carboxylic acids is 1. The number of benzene rings is 2. The zero-order chi connectivity index (χ0) is 21.8. The van der Waals surface area contributed by atoms with Crippen molar-refractivity contribution in [3.63, 3.8) is 0 Å². The van der Waals surface area contributed by atoms with Gasteiger partial charge in [0.25, 0.3) is 5.95 Å². The molecule has 1 aromatic heterocycles. The van der Waals surface area contributed by atoms with Crippen molar-refractivity contribution in [1.29, 1.82) is 0 Å². The average molecular weight is 438 g/mol. The highest BCUT2D eigenvalue weighted by Gasteiger charge is 2.25. The second kappa shape index (κ2) is 9.01. The van der Waals surface area contributed by atoms with Crippen molar-refractivity contribution in [2.75, 3.05) is 10.6 Å². The van der Waals surface area contributed by atoms with Gasteiger partial charge < -0.3 is 10.4 Å². The number of hydrogen-bond donors (Lipinski definition) is 3. The summed E-state index contributed by atoms with van der Waals surface area (Å²) in [6.45, 7) is 0. The molecule has 8 nitrogen and oxygen atoms in total. The van der Waals surface area contributed by atoms with Gasteiger partial charge in [-0.05, 0) is 35.8 Å². The number of fused-ring (bicyclic) bond motifs is 1. The number of allylic oxidation sites excluding steroid dienone is 1. The van der Waals surface area contributed by atoms with Crippen molar-refractivity contribution >= 4 is 41.1 Å². The SMILES string of the molecule is O=C(O)CCCC(=O)Nc1nc2n(n1)C(c1ccccc1)C=C(c1ccc(Cl)cc1)N2. The lowest BCUT2D eigenvalue weighted by atomic mass is 10.0. The van der Waals surface area contributed by atoms with Crippen LogP contribution in [0.4, 0.5) is 11.9 Å². The molecule has 0 radical (unpaired) electrons. The standard InChI is InChI=1S/C22H20ClN5O3/c23-16-11-9-14(10-12-16)17-13-18(15-5-2-1-3-6-15)28-22(24-17)26-21(27-28)25-19(29)7-4-8-20(30)31/h1-3,5-6,9-13,18H,4,7-8H2,(H,30,31)(H2,24,25,26,27,29). The summed E-state index contributed by atoms with van der Waals surface area (Å²) in [4.78, 5) is 27.2. The zero-order valence-corrected chi connectivity index (χ0v) is 17.2. The molecule has 0 aliphatic carbocycles. The number of aromatic nitrogens is 3. The number of carboxylic acids is 1. The molecule has 3 aromatic rings. The normalized spacial score (nSPS) is 14.9. The molecule has 0 spiro atoms. The molecule has 158 valence electrons. The van der Waals surface area contributed by atoms with Crippen LogP contribution in [-0.2, 0) is 9.59 Å². The first-order valence-corrected chi connectivity index (χ1v) is 10.2. The molecule has 1 atom stereocenters. The van der Waals surface area contributed by atoms with Gasteiger partial charge in [-0.15, -0.1) is 5.10 Å². The first kappa shape index (κ1) is 20.6. The van der Waals surface area contributed by atoms with E-state index in [-0.39, 0.29) is 37.2 Å². The van der Waals surface area contributed by atoms with Gasteiger partial charge in [-0.2, -0.15) is 4.98 Å². The van der Waals surface area contributed by atoms with Crippen LogP contribution in [0, 0.1) is 0 Å². The Kier molecular flexibility index (Phi) is 5.99. The summed E-state index contributed by atoms with van der Waals surface area (Å²) in [6, 6.07) is 17.1. The number of amides is 1. The summed E-state index contributed by atoms with van der Waals surface area (Å²) >= 11 is 6.02. The number of halogens is 1. The van der Waals surface area contributed by atoms with Crippen molar-refractivity contribution in [1.82, 2.24) is 14.8 Å². The first-order valence-electron chi connectivity index (χ1n) is 9.77. The van der Waals surface area contributed by atoms with E-state index in [1.54, 1.807) is 4.68 Å². The van der Waals surface area contributed by atoms with Gasteiger partial charge in [0.05, 0.1) is 0 Å². The fraction of sp³-hybridized carbons (Fsp3) is 0.182. The largest absolute Gasteiger partial charge is 0.481 e. The minimum Gasteiger partial charge on any atom is -0.481 e. The number of nitrogens with zero attached hydrogens (tertiary/aromatic N) is 3. The van der Waals surface area contributed by atoms with E-state index in [1.165, 1.54) is 0 Å². The Morgan fingerprint density at radius 2 is 1.84 bits per heavy atom. The number of rotatable bonds is 7. The lowest BCUT2D eigenvalue weighted by molar-refractivity contribution is -0.137. The first-order chi connectivity index (χ1) is 15.0. The van der Waals surface area contributed by atoms with Crippen LogP contribution in [-0.4, -0.2) is 31.7 Å². The van der Waals surface area contributed by atoms with Gasteiger partial charge in [0.2, 0.25) is 11.9 Å². The van der Waals surface area contributed by atoms with Crippen molar-refractivity contribution in [3.8, 4) is 0 Å². The van der Waals surface area contributed by atoms with E-state index in [2.05, 4.69) is 20.7 Å². The molecule has 1 aliphatic heterocycles. The maximum Gasteiger partial charge on any atom is 0.303 e. The van der Waals surface area contributed by atoms with Crippen LogP contribution in [0.25, 0.3) is 5.70 Å². The van der Waals surface area contributed by atoms with Crippen molar-refractivity contribution in [3.05, 3.63) is 76.8 Å². The molecule has 2 heterocycles. The molecule has 0 fully saturated rings. The molecule has 0 saturated carbocycles. The number of carboxylic acid groups (broad SMARTS) is 1. The Morgan fingerprint density at radius 1 is 1.10 bits per heavy atom. The lowest BCUT2D eigenvalue weighted by Crippen LogP contribution is -2.20. The van der Waals surface area contributed by atoms with Gasteiger partial charge in [-0.3, -0.25) is 14.9 Å². The number of carbonyl (C=O) groups is 2. The van der Waals surface area contributed by atoms with E-state index in [4.69, 9.17) is 16.7 Å². The summed E-state index contributed by atoms with van der Waals surface area (Å²) in [5.41, 5.74) is 2.81. The van der Waals surface area contributed by atoms with E-state index >= 15 is 0 Å². The molecule has 2 aromatic carbocycles. The third-order valence-corrected chi connectivity index (χ3v) is 5.06. The van der Waals surface area contributed by atoms with E-state index in [0.29, 0.717) is 11.0 Å². The van der Waals surface area contributed by atoms with Gasteiger partial charge in [-0.1, -0.05) is 54.1 Å². The summed E-state index contributed by atoms with van der Waals surface area (Å²) in [5.74, 6) is -0.609. The molecule has 4 rings (SSSR count). The molecule has 0 bridgehead atoms. The molecule has 1 aliphatic rings. The van der Waals surface area contributed by atoms with E-state index in [0.717, 1.165) is 16.8 Å². The Bertz CT molecular complexity index is 1130. The third-order valence-electron chi connectivity index (χ3n) is 4.81. The second-order valence-electron chi connectivity index (χ2n) is 7.07. The Morgan fingerprint density at radius 3 is 2.55 bits per heavy atom.